The fourth-order valence-corrected chi connectivity index (χ4v) is 4.25. The van der Waals surface area contributed by atoms with E-state index in [0.717, 1.165) is 37.0 Å². The second-order valence-corrected chi connectivity index (χ2v) is 8.10. The molecule has 4 rings (SSSR count). The Morgan fingerprint density at radius 3 is 2.87 bits per heavy atom. The fourth-order valence-electron chi connectivity index (χ4n) is 4.25. The number of pyridine rings is 1. The third-order valence-electron chi connectivity index (χ3n) is 5.88. The maximum absolute atomic E-state index is 12.9. The largest absolute Gasteiger partial charge is 0.483 e. The lowest BCUT2D eigenvalue weighted by atomic mass is 9.76. The Kier molecular flexibility index (Phi) is 6.12. The van der Waals surface area contributed by atoms with Gasteiger partial charge in [0.1, 0.15) is 11.4 Å². The Labute approximate surface area is 176 Å². The molecule has 156 valence electrons. The van der Waals surface area contributed by atoms with Gasteiger partial charge in [-0.1, -0.05) is 36.4 Å². The standard InChI is InChI=1S/C24H27N3O3/c28-22-16-30-21-11-2-1-8-19(21)9-3-5-12-24(17-26-22)13-7-15-27(18-24)23(29)20-10-4-6-14-25-20/h1-6,8,10-11,14H,7,9,12-13,15-18H2,(H,26,28). The Hall–Kier alpha value is -3.15. The highest BCUT2D eigenvalue weighted by atomic mass is 16.5. The number of nitrogens with zero attached hydrogens (tertiary/aromatic N) is 2. The van der Waals surface area contributed by atoms with E-state index < -0.39 is 0 Å². The van der Waals surface area contributed by atoms with E-state index in [1.807, 2.05) is 41.3 Å². The molecule has 6 heteroatoms. The van der Waals surface area contributed by atoms with Gasteiger partial charge in [0.2, 0.25) is 0 Å². The van der Waals surface area contributed by atoms with Crippen molar-refractivity contribution in [3.05, 3.63) is 72.1 Å². The monoisotopic (exact) mass is 405 g/mol. The zero-order valence-electron chi connectivity index (χ0n) is 17.0. The molecule has 1 aromatic heterocycles. The van der Waals surface area contributed by atoms with Crippen molar-refractivity contribution in [2.45, 2.75) is 25.7 Å². The van der Waals surface area contributed by atoms with Gasteiger partial charge in [0.05, 0.1) is 0 Å². The summed E-state index contributed by atoms with van der Waals surface area (Å²) in [4.78, 5) is 31.5. The summed E-state index contributed by atoms with van der Waals surface area (Å²) in [6.07, 6.45) is 9.41. The summed E-state index contributed by atoms with van der Waals surface area (Å²) >= 11 is 0. The highest BCUT2D eigenvalue weighted by molar-refractivity contribution is 5.92. The number of amides is 2. The van der Waals surface area contributed by atoms with Crippen molar-refractivity contribution in [1.29, 1.82) is 0 Å². The highest BCUT2D eigenvalue weighted by Gasteiger charge is 2.37. The van der Waals surface area contributed by atoms with E-state index >= 15 is 0 Å². The number of allylic oxidation sites excluding steroid dienone is 2. The first-order chi connectivity index (χ1) is 14.7. The number of rotatable bonds is 1. The molecule has 1 N–H and O–H groups in total. The molecule has 2 aliphatic heterocycles. The minimum Gasteiger partial charge on any atom is -0.483 e. The van der Waals surface area contributed by atoms with Gasteiger partial charge in [-0.05, 0) is 49.4 Å². The molecule has 2 aromatic rings. The summed E-state index contributed by atoms with van der Waals surface area (Å²) in [5.41, 5.74) is 1.34. The molecular weight excluding hydrogens is 378 g/mol. The van der Waals surface area contributed by atoms with Gasteiger partial charge in [-0.2, -0.15) is 0 Å². The Balaban J connectivity index is 1.53. The van der Waals surface area contributed by atoms with Crippen molar-refractivity contribution in [2.24, 2.45) is 5.41 Å². The summed E-state index contributed by atoms with van der Waals surface area (Å²) in [6, 6.07) is 13.2. The first-order valence-electron chi connectivity index (χ1n) is 10.5. The first kappa shape index (κ1) is 20.1. The molecular formula is C24H27N3O3. The minimum atomic E-state index is -0.187. The van der Waals surface area contributed by atoms with Gasteiger partial charge in [-0.15, -0.1) is 0 Å². The number of para-hydroxylation sites is 1. The first-order valence-corrected chi connectivity index (χ1v) is 10.5. The Bertz CT molecular complexity index is 928. The number of aromatic nitrogens is 1. The average molecular weight is 405 g/mol. The Morgan fingerprint density at radius 2 is 2.00 bits per heavy atom. The van der Waals surface area contributed by atoms with Crippen LogP contribution in [0.5, 0.6) is 5.75 Å². The number of ether oxygens (including phenoxy) is 1. The summed E-state index contributed by atoms with van der Waals surface area (Å²) in [5.74, 6) is 0.563. The molecule has 0 saturated carbocycles. The maximum atomic E-state index is 12.9. The lowest BCUT2D eigenvalue weighted by Gasteiger charge is -2.42. The van der Waals surface area contributed by atoms with Crippen LogP contribution in [0.1, 0.15) is 35.3 Å². The van der Waals surface area contributed by atoms with E-state index in [4.69, 9.17) is 4.74 Å². The predicted octanol–water partition coefficient (Wildman–Crippen LogP) is 3.00. The topological polar surface area (TPSA) is 71.5 Å². The minimum absolute atomic E-state index is 0.00656. The highest BCUT2D eigenvalue weighted by Crippen LogP contribution is 2.34. The number of nitrogens with one attached hydrogen (secondary N) is 1. The maximum Gasteiger partial charge on any atom is 0.272 e. The van der Waals surface area contributed by atoms with Crippen LogP contribution in [0.15, 0.2) is 60.8 Å². The quantitative estimate of drug-likeness (QED) is 0.741. The molecule has 1 atom stereocenters. The molecule has 0 aliphatic carbocycles. The number of benzene rings is 1. The van der Waals surface area contributed by atoms with Crippen LogP contribution in [0.2, 0.25) is 0 Å². The van der Waals surface area contributed by atoms with Crippen molar-refractivity contribution in [1.82, 2.24) is 15.2 Å². The lowest BCUT2D eigenvalue weighted by molar-refractivity contribution is -0.123. The number of carbonyl (C=O) groups excluding carboxylic acids is 2. The van der Waals surface area contributed by atoms with Crippen LogP contribution in [-0.4, -0.2) is 47.9 Å². The summed E-state index contributed by atoms with van der Waals surface area (Å²) in [5, 5.41) is 3.04. The molecule has 2 amide bonds. The number of hydrogen-bond donors (Lipinski definition) is 1. The normalized spacial score (nSPS) is 22.3. The fraction of sp³-hybridized carbons (Fsp3) is 0.375. The number of carbonyl (C=O) groups is 2. The SMILES string of the molecule is O=C1COc2ccccc2CC=CCC2(CCCN(C(=O)c3ccccn3)C2)CN1. The predicted molar refractivity (Wildman–Crippen MR) is 114 cm³/mol. The lowest BCUT2D eigenvalue weighted by Crippen LogP contribution is -2.51. The van der Waals surface area contributed by atoms with Gasteiger partial charge in [0.25, 0.3) is 11.8 Å². The molecule has 1 fully saturated rings. The number of fused-ring (bicyclic) bond motifs is 1. The van der Waals surface area contributed by atoms with Gasteiger partial charge in [-0.25, -0.2) is 0 Å². The number of likely N-dealkylation sites (tertiary alicyclic amines) is 1. The zero-order valence-corrected chi connectivity index (χ0v) is 17.0. The third kappa shape index (κ3) is 4.70. The number of hydrogen-bond acceptors (Lipinski definition) is 4. The molecule has 1 unspecified atom stereocenters. The van der Waals surface area contributed by atoms with Crippen LogP contribution in [0.4, 0.5) is 0 Å². The van der Waals surface area contributed by atoms with E-state index in [2.05, 4.69) is 22.5 Å². The van der Waals surface area contributed by atoms with Crippen LogP contribution in [-0.2, 0) is 11.2 Å². The summed E-state index contributed by atoms with van der Waals surface area (Å²) in [7, 11) is 0. The van der Waals surface area contributed by atoms with Crippen LogP contribution in [0.3, 0.4) is 0 Å². The van der Waals surface area contributed by atoms with Gasteiger partial charge >= 0.3 is 0 Å². The van der Waals surface area contributed by atoms with Gasteiger partial charge in [0.15, 0.2) is 6.61 Å². The smallest absolute Gasteiger partial charge is 0.272 e. The molecule has 3 heterocycles. The van der Waals surface area contributed by atoms with E-state index in [1.54, 1.807) is 12.3 Å². The molecule has 30 heavy (non-hydrogen) atoms. The zero-order chi connectivity index (χ0) is 20.8. The van der Waals surface area contributed by atoms with Crippen molar-refractivity contribution < 1.29 is 14.3 Å². The second-order valence-electron chi connectivity index (χ2n) is 8.10. The van der Waals surface area contributed by atoms with Crippen LogP contribution in [0, 0.1) is 5.41 Å². The van der Waals surface area contributed by atoms with Gasteiger partial charge in [0, 0.05) is 31.2 Å². The third-order valence-corrected chi connectivity index (χ3v) is 5.88. The van der Waals surface area contributed by atoms with Crippen LogP contribution < -0.4 is 10.1 Å². The summed E-state index contributed by atoms with van der Waals surface area (Å²) < 4.78 is 5.75. The molecule has 1 saturated heterocycles. The molecule has 1 spiro atoms. The Morgan fingerprint density at radius 1 is 1.13 bits per heavy atom. The summed E-state index contributed by atoms with van der Waals surface area (Å²) in [6.45, 7) is 1.83. The van der Waals surface area contributed by atoms with Gasteiger partial charge < -0.3 is 15.0 Å². The van der Waals surface area contributed by atoms with E-state index in [9.17, 15) is 9.59 Å². The number of piperidine rings is 1. The van der Waals surface area contributed by atoms with Crippen LogP contribution in [0.25, 0.3) is 0 Å². The van der Waals surface area contributed by atoms with Crippen molar-refractivity contribution in [2.75, 3.05) is 26.2 Å². The molecule has 6 nitrogen and oxygen atoms in total. The second kappa shape index (κ2) is 9.11. The van der Waals surface area contributed by atoms with E-state index in [0.29, 0.717) is 25.3 Å². The van der Waals surface area contributed by atoms with Crippen molar-refractivity contribution in [3.63, 3.8) is 0 Å². The van der Waals surface area contributed by atoms with Crippen molar-refractivity contribution in [3.8, 4) is 5.75 Å². The average Bonchev–Trinajstić information content (AvgIpc) is 2.79. The van der Waals surface area contributed by atoms with Gasteiger partial charge in [-0.3, -0.25) is 14.6 Å². The molecule has 1 aromatic carbocycles. The molecule has 2 aliphatic rings. The molecule has 0 bridgehead atoms. The van der Waals surface area contributed by atoms with Crippen molar-refractivity contribution >= 4 is 11.8 Å². The molecule has 0 radical (unpaired) electrons. The van der Waals surface area contributed by atoms with E-state index in [-0.39, 0.29) is 23.8 Å². The van der Waals surface area contributed by atoms with E-state index in [1.165, 1.54) is 0 Å². The van der Waals surface area contributed by atoms with Crippen LogP contribution >= 0.6 is 0 Å².